The Morgan fingerprint density at radius 1 is 1.11 bits per heavy atom. The number of aromatic nitrogens is 2. The van der Waals surface area contributed by atoms with Crippen molar-refractivity contribution in [3.8, 4) is 11.3 Å². The zero-order valence-corrected chi connectivity index (χ0v) is 17.4. The SMILES string of the molecule is CCN(CC)CCN(C)Cc1ccc2[nH]c(-c3ccnc(N)c3NC)cc2c1. The van der Waals surface area contributed by atoms with Crippen molar-refractivity contribution in [3.05, 3.63) is 42.1 Å². The Balaban J connectivity index is 1.77. The van der Waals surface area contributed by atoms with Crippen LogP contribution in [-0.2, 0) is 6.54 Å². The third-order valence-electron chi connectivity index (χ3n) is 5.35. The van der Waals surface area contributed by atoms with Gasteiger partial charge in [0.1, 0.15) is 5.82 Å². The summed E-state index contributed by atoms with van der Waals surface area (Å²) in [6.07, 6.45) is 1.74. The molecule has 2 aromatic heterocycles. The molecule has 0 aliphatic heterocycles. The highest BCUT2D eigenvalue weighted by Gasteiger charge is 2.11. The number of hydrogen-bond donors (Lipinski definition) is 3. The lowest BCUT2D eigenvalue weighted by molar-refractivity contribution is 0.236. The van der Waals surface area contributed by atoms with Crippen LogP contribution in [0.25, 0.3) is 22.2 Å². The van der Waals surface area contributed by atoms with E-state index in [1.807, 2.05) is 13.1 Å². The van der Waals surface area contributed by atoms with E-state index in [9.17, 15) is 0 Å². The summed E-state index contributed by atoms with van der Waals surface area (Å²) in [7, 11) is 4.06. The van der Waals surface area contributed by atoms with Gasteiger partial charge in [-0.2, -0.15) is 0 Å². The number of nitrogens with two attached hydrogens (primary N) is 1. The van der Waals surface area contributed by atoms with Gasteiger partial charge < -0.3 is 25.8 Å². The predicted octanol–water partition coefficient (Wildman–Crippen LogP) is 3.63. The number of aromatic amines is 1. The fourth-order valence-electron chi connectivity index (χ4n) is 3.63. The van der Waals surface area contributed by atoms with Crippen LogP contribution in [0.4, 0.5) is 11.5 Å². The van der Waals surface area contributed by atoms with Gasteiger partial charge in [0, 0.05) is 55.0 Å². The molecule has 6 nitrogen and oxygen atoms in total. The lowest BCUT2D eigenvalue weighted by atomic mass is 10.1. The monoisotopic (exact) mass is 380 g/mol. The van der Waals surface area contributed by atoms with E-state index >= 15 is 0 Å². The molecular weight excluding hydrogens is 348 g/mol. The Bertz CT molecular complexity index is 913. The molecule has 0 fully saturated rings. The minimum Gasteiger partial charge on any atom is -0.385 e. The Kier molecular flexibility index (Phi) is 6.54. The van der Waals surface area contributed by atoms with Crippen molar-refractivity contribution >= 4 is 22.4 Å². The third kappa shape index (κ3) is 4.46. The van der Waals surface area contributed by atoms with Crippen molar-refractivity contribution in [1.82, 2.24) is 19.8 Å². The predicted molar refractivity (Wildman–Crippen MR) is 120 cm³/mol. The van der Waals surface area contributed by atoms with Gasteiger partial charge in [-0.05, 0) is 50.0 Å². The first-order chi connectivity index (χ1) is 13.5. The van der Waals surface area contributed by atoms with E-state index < -0.39 is 0 Å². The van der Waals surface area contributed by atoms with Gasteiger partial charge in [0.05, 0.1) is 5.69 Å². The molecule has 0 saturated heterocycles. The molecular formula is C22H32N6. The van der Waals surface area contributed by atoms with Crippen LogP contribution in [0.2, 0.25) is 0 Å². The summed E-state index contributed by atoms with van der Waals surface area (Å²) in [5.74, 6) is 0.508. The first-order valence-corrected chi connectivity index (χ1v) is 10.0. The number of fused-ring (bicyclic) bond motifs is 1. The van der Waals surface area contributed by atoms with E-state index in [-0.39, 0.29) is 0 Å². The highest BCUT2D eigenvalue weighted by molar-refractivity contribution is 5.91. The standard InChI is InChI=1S/C22H32N6/c1-5-28(6-2)12-11-27(4)15-16-7-8-19-17(13-16)14-20(26-19)18-9-10-25-22(23)21(18)24-3/h7-10,13-14,24,26H,5-6,11-12,15H2,1-4H3,(H2,23,25). The van der Waals surface area contributed by atoms with Gasteiger partial charge in [0.15, 0.2) is 0 Å². The van der Waals surface area contributed by atoms with Crippen molar-refractivity contribution in [2.45, 2.75) is 20.4 Å². The second-order valence-electron chi connectivity index (χ2n) is 7.24. The summed E-state index contributed by atoms with van der Waals surface area (Å²) < 4.78 is 0. The number of hydrogen-bond acceptors (Lipinski definition) is 5. The van der Waals surface area contributed by atoms with Crippen LogP contribution in [0.15, 0.2) is 36.5 Å². The molecule has 0 saturated carbocycles. The molecule has 1 aromatic carbocycles. The van der Waals surface area contributed by atoms with Gasteiger partial charge >= 0.3 is 0 Å². The zero-order chi connectivity index (χ0) is 20.1. The maximum absolute atomic E-state index is 6.02. The molecule has 4 N–H and O–H groups in total. The summed E-state index contributed by atoms with van der Waals surface area (Å²) in [5, 5.41) is 4.37. The molecule has 3 aromatic rings. The molecule has 0 aliphatic rings. The fraction of sp³-hybridized carbons (Fsp3) is 0.409. The summed E-state index contributed by atoms with van der Waals surface area (Å²) in [6, 6.07) is 10.8. The molecule has 150 valence electrons. The molecule has 0 aliphatic carbocycles. The summed E-state index contributed by atoms with van der Waals surface area (Å²) >= 11 is 0. The lowest BCUT2D eigenvalue weighted by Gasteiger charge is -2.23. The van der Waals surface area contributed by atoms with E-state index in [1.165, 1.54) is 10.9 Å². The Hall–Kier alpha value is -2.57. The summed E-state index contributed by atoms with van der Waals surface area (Å²) in [6.45, 7) is 9.78. The molecule has 0 radical (unpaired) electrons. The van der Waals surface area contributed by atoms with Gasteiger partial charge in [-0.15, -0.1) is 0 Å². The molecule has 3 rings (SSSR count). The molecule has 0 atom stereocenters. The van der Waals surface area contributed by atoms with Crippen molar-refractivity contribution in [3.63, 3.8) is 0 Å². The number of pyridine rings is 1. The van der Waals surface area contributed by atoms with Crippen LogP contribution in [0.1, 0.15) is 19.4 Å². The van der Waals surface area contributed by atoms with Crippen LogP contribution < -0.4 is 11.1 Å². The van der Waals surface area contributed by atoms with Gasteiger partial charge in [-0.3, -0.25) is 0 Å². The summed E-state index contributed by atoms with van der Waals surface area (Å²) in [5.41, 5.74) is 11.4. The van der Waals surface area contributed by atoms with Gasteiger partial charge in [0.2, 0.25) is 0 Å². The van der Waals surface area contributed by atoms with E-state index in [2.05, 4.69) is 70.2 Å². The van der Waals surface area contributed by atoms with Gasteiger partial charge in [-0.25, -0.2) is 4.98 Å². The largest absolute Gasteiger partial charge is 0.385 e. The maximum atomic E-state index is 6.02. The average Bonchev–Trinajstić information content (AvgIpc) is 3.11. The molecule has 6 heteroatoms. The second kappa shape index (κ2) is 9.08. The maximum Gasteiger partial charge on any atom is 0.147 e. The highest BCUT2D eigenvalue weighted by Crippen LogP contribution is 2.32. The minimum atomic E-state index is 0.508. The summed E-state index contributed by atoms with van der Waals surface area (Å²) in [4.78, 5) is 12.5. The van der Waals surface area contributed by atoms with Crippen molar-refractivity contribution in [2.24, 2.45) is 0 Å². The van der Waals surface area contributed by atoms with Crippen molar-refractivity contribution in [1.29, 1.82) is 0 Å². The number of rotatable bonds is 9. The molecule has 0 spiro atoms. The van der Waals surface area contributed by atoms with Gasteiger partial charge in [-0.1, -0.05) is 19.9 Å². The van der Waals surface area contributed by atoms with E-state index in [1.54, 1.807) is 6.20 Å². The quantitative estimate of drug-likeness (QED) is 0.529. The first-order valence-electron chi connectivity index (χ1n) is 10.0. The number of anilines is 2. The molecule has 0 amide bonds. The average molecular weight is 381 g/mol. The normalized spacial score (nSPS) is 11.6. The number of nitrogens with one attached hydrogen (secondary N) is 2. The Morgan fingerprint density at radius 3 is 2.61 bits per heavy atom. The number of H-pyrrole nitrogens is 1. The number of likely N-dealkylation sites (N-methyl/N-ethyl adjacent to an activating group) is 2. The molecule has 2 heterocycles. The van der Waals surface area contributed by atoms with Crippen LogP contribution in [0.3, 0.4) is 0 Å². The molecule has 0 bridgehead atoms. The van der Waals surface area contributed by atoms with Crippen molar-refractivity contribution in [2.75, 3.05) is 51.3 Å². The van der Waals surface area contributed by atoms with Crippen LogP contribution in [0.5, 0.6) is 0 Å². The fourth-order valence-corrected chi connectivity index (χ4v) is 3.63. The van der Waals surface area contributed by atoms with E-state index in [0.29, 0.717) is 5.82 Å². The zero-order valence-electron chi connectivity index (χ0n) is 17.4. The number of nitrogen functional groups attached to an aromatic ring is 1. The minimum absolute atomic E-state index is 0.508. The second-order valence-corrected chi connectivity index (χ2v) is 7.24. The number of benzene rings is 1. The molecule has 28 heavy (non-hydrogen) atoms. The molecule has 0 unspecified atom stereocenters. The smallest absolute Gasteiger partial charge is 0.147 e. The Morgan fingerprint density at radius 2 is 1.89 bits per heavy atom. The third-order valence-corrected chi connectivity index (χ3v) is 5.35. The lowest BCUT2D eigenvalue weighted by Crippen LogP contribution is -2.32. The highest BCUT2D eigenvalue weighted by atomic mass is 15.2. The van der Waals surface area contributed by atoms with Crippen LogP contribution in [0, 0.1) is 0 Å². The van der Waals surface area contributed by atoms with Crippen molar-refractivity contribution < 1.29 is 0 Å². The first kappa shape index (κ1) is 20.2. The topological polar surface area (TPSA) is 73.2 Å². The van der Waals surface area contributed by atoms with Gasteiger partial charge in [0.25, 0.3) is 0 Å². The van der Waals surface area contributed by atoms with Crippen LogP contribution >= 0.6 is 0 Å². The van der Waals surface area contributed by atoms with Crippen LogP contribution in [-0.4, -0.2) is 60.0 Å². The Labute approximate surface area is 167 Å². The van der Waals surface area contributed by atoms with E-state index in [4.69, 9.17) is 5.73 Å². The van der Waals surface area contributed by atoms with E-state index in [0.717, 1.165) is 55.2 Å². The number of nitrogens with zero attached hydrogens (tertiary/aromatic N) is 3.